The van der Waals surface area contributed by atoms with E-state index in [0.717, 1.165) is 34.9 Å². The van der Waals surface area contributed by atoms with Gasteiger partial charge in [0.05, 0.1) is 30.7 Å². The number of aryl methyl sites for hydroxylation is 1. The summed E-state index contributed by atoms with van der Waals surface area (Å²) in [5, 5.41) is 2.61. The minimum absolute atomic E-state index is 0.0320. The molecule has 38 heavy (non-hydrogen) atoms. The van der Waals surface area contributed by atoms with Crippen molar-refractivity contribution >= 4 is 23.0 Å². The van der Waals surface area contributed by atoms with Crippen LogP contribution in [0.5, 0.6) is 0 Å². The molecule has 2 aliphatic carbocycles. The Morgan fingerprint density at radius 1 is 1.21 bits per heavy atom. The number of aromatic nitrogens is 2. The van der Waals surface area contributed by atoms with Crippen LogP contribution in [-0.4, -0.2) is 52.7 Å². The number of benzene rings is 2. The first-order valence-electron chi connectivity index (χ1n) is 13.7. The van der Waals surface area contributed by atoms with Crippen LogP contribution in [0, 0.1) is 18.8 Å². The lowest BCUT2D eigenvalue weighted by Gasteiger charge is -2.31. The molecule has 7 nitrogen and oxygen atoms in total. The van der Waals surface area contributed by atoms with Crippen molar-refractivity contribution in [2.75, 3.05) is 13.7 Å². The summed E-state index contributed by atoms with van der Waals surface area (Å²) in [5.41, 5.74) is 8.53. The Morgan fingerprint density at radius 3 is 2.74 bits per heavy atom. The van der Waals surface area contributed by atoms with E-state index in [0.29, 0.717) is 5.82 Å². The fraction of sp³-hybridized carbons (Fsp3) is 0.500. The minimum atomic E-state index is -1.16. The molecule has 1 aromatic heterocycles. The second-order valence-corrected chi connectivity index (χ2v) is 11.5. The second kappa shape index (κ2) is 9.40. The molecule has 0 bridgehead atoms. The van der Waals surface area contributed by atoms with Crippen molar-refractivity contribution in [1.29, 1.82) is 0 Å². The molecule has 3 aromatic rings. The number of likely N-dealkylation sites (tertiary alicyclic amines) is 1. The predicted molar refractivity (Wildman–Crippen MR) is 144 cm³/mol. The average Bonchev–Trinajstić information content (AvgIpc) is 3.55. The third kappa shape index (κ3) is 4.05. The van der Waals surface area contributed by atoms with Crippen molar-refractivity contribution in [2.45, 2.75) is 70.6 Å². The fourth-order valence-corrected chi connectivity index (χ4v) is 6.76. The lowest BCUT2D eigenvalue weighted by Crippen LogP contribution is -2.51. The van der Waals surface area contributed by atoms with Gasteiger partial charge >= 0.3 is 6.09 Å². The van der Waals surface area contributed by atoms with Crippen LogP contribution >= 0.6 is 0 Å². The predicted octanol–water partition coefficient (Wildman–Crippen LogP) is 5.58. The van der Waals surface area contributed by atoms with E-state index in [1.807, 2.05) is 19.9 Å². The van der Waals surface area contributed by atoms with E-state index in [9.17, 15) is 14.0 Å². The van der Waals surface area contributed by atoms with Crippen molar-refractivity contribution in [1.82, 2.24) is 20.2 Å². The van der Waals surface area contributed by atoms with Crippen LogP contribution in [0.3, 0.4) is 0 Å². The van der Waals surface area contributed by atoms with Crippen LogP contribution in [0.2, 0.25) is 0 Å². The zero-order valence-electron chi connectivity index (χ0n) is 22.4. The zero-order valence-corrected chi connectivity index (χ0v) is 22.4. The summed E-state index contributed by atoms with van der Waals surface area (Å²) in [4.78, 5) is 35.0. The molecule has 0 radical (unpaired) electrons. The molecule has 2 aromatic carbocycles. The van der Waals surface area contributed by atoms with Crippen LogP contribution in [0.1, 0.15) is 67.6 Å². The van der Waals surface area contributed by atoms with E-state index < -0.39 is 24.3 Å². The van der Waals surface area contributed by atoms with Gasteiger partial charge in [-0.15, -0.1) is 0 Å². The maximum absolute atomic E-state index is 14.7. The van der Waals surface area contributed by atoms with E-state index >= 15 is 0 Å². The molecule has 3 aliphatic rings. The molecule has 2 unspecified atom stereocenters. The Hall–Kier alpha value is -3.42. The number of methoxy groups -OCH3 is 1. The smallest absolute Gasteiger partial charge is 0.407 e. The molecule has 0 spiro atoms. The number of nitrogens with one attached hydrogen (secondary N) is 2. The van der Waals surface area contributed by atoms with E-state index in [-0.39, 0.29) is 24.8 Å². The number of nitrogens with zero attached hydrogens (tertiary/aromatic N) is 2. The van der Waals surface area contributed by atoms with Crippen molar-refractivity contribution < 1.29 is 18.7 Å². The Balaban J connectivity index is 1.31. The second-order valence-electron chi connectivity index (χ2n) is 11.5. The van der Waals surface area contributed by atoms with Crippen LogP contribution in [0.25, 0.3) is 22.2 Å². The fourth-order valence-electron chi connectivity index (χ4n) is 6.76. The molecule has 1 saturated carbocycles. The molecular weight excluding hydrogens is 483 g/mol. The number of amides is 2. The summed E-state index contributed by atoms with van der Waals surface area (Å²) in [5.74, 6) is 1.55. The molecule has 1 aliphatic heterocycles. The Kier molecular flexibility index (Phi) is 6.16. The van der Waals surface area contributed by atoms with Gasteiger partial charge in [-0.2, -0.15) is 0 Å². The number of halogens is 1. The number of fused-ring (bicyclic) bond motifs is 4. The number of carbonyl (C=O) groups excluding carboxylic acids is 2. The van der Waals surface area contributed by atoms with E-state index in [1.165, 1.54) is 41.5 Å². The summed E-state index contributed by atoms with van der Waals surface area (Å²) in [6.07, 6.45) is 2.08. The van der Waals surface area contributed by atoms with E-state index in [2.05, 4.69) is 41.5 Å². The van der Waals surface area contributed by atoms with Gasteiger partial charge in [0.2, 0.25) is 5.91 Å². The Labute approximate surface area is 222 Å². The van der Waals surface area contributed by atoms with E-state index in [4.69, 9.17) is 9.72 Å². The Bertz CT molecular complexity index is 1420. The average molecular weight is 519 g/mol. The topological polar surface area (TPSA) is 87.3 Å². The van der Waals surface area contributed by atoms with Gasteiger partial charge in [-0.1, -0.05) is 32.0 Å². The normalized spacial score (nSPS) is 24.7. The summed E-state index contributed by atoms with van der Waals surface area (Å²) in [6, 6.07) is 9.38. The molecule has 5 atom stereocenters. The number of hydrogen-bond donors (Lipinski definition) is 2. The molecule has 1 saturated heterocycles. The summed E-state index contributed by atoms with van der Waals surface area (Å²) in [7, 11) is 1.26. The first-order chi connectivity index (χ1) is 18.2. The summed E-state index contributed by atoms with van der Waals surface area (Å²) in [6.45, 7) is 5.87. The van der Waals surface area contributed by atoms with Gasteiger partial charge < -0.3 is 19.9 Å². The van der Waals surface area contributed by atoms with Gasteiger partial charge in [-0.05, 0) is 83.9 Å². The first kappa shape index (κ1) is 24.9. The van der Waals surface area contributed by atoms with Crippen molar-refractivity contribution in [2.24, 2.45) is 11.8 Å². The maximum Gasteiger partial charge on any atom is 0.407 e. The highest BCUT2D eigenvalue weighted by Crippen LogP contribution is 2.54. The zero-order chi connectivity index (χ0) is 26.7. The number of imidazole rings is 1. The highest BCUT2D eigenvalue weighted by atomic mass is 19.1. The number of rotatable bonds is 5. The number of ether oxygens (including phenoxy) is 1. The van der Waals surface area contributed by atoms with Gasteiger partial charge in [0.1, 0.15) is 18.0 Å². The number of alkyl carbamates (subject to hydrolysis) is 1. The van der Waals surface area contributed by atoms with Gasteiger partial charge in [0.15, 0.2) is 0 Å². The largest absolute Gasteiger partial charge is 0.453 e. The third-order valence-corrected chi connectivity index (χ3v) is 8.88. The molecular formula is C30H35FN4O3. The van der Waals surface area contributed by atoms with Crippen LogP contribution in [-0.2, 0) is 16.0 Å². The number of aromatic amines is 1. The quantitative estimate of drug-likeness (QED) is 0.462. The number of carbonyl (C=O) groups is 2. The van der Waals surface area contributed by atoms with E-state index in [1.54, 1.807) is 5.56 Å². The molecule has 2 amide bonds. The van der Waals surface area contributed by atoms with Gasteiger partial charge in [0, 0.05) is 6.42 Å². The number of hydrogen-bond acceptors (Lipinski definition) is 4. The highest BCUT2D eigenvalue weighted by molar-refractivity contribution is 5.87. The van der Waals surface area contributed by atoms with Crippen LogP contribution in [0.15, 0.2) is 30.3 Å². The van der Waals surface area contributed by atoms with Crippen molar-refractivity contribution in [3.63, 3.8) is 0 Å². The molecule has 2 heterocycles. The number of alkyl halides is 1. The molecule has 8 heteroatoms. The molecule has 2 N–H and O–H groups in total. The number of H-pyrrole nitrogens is 1. The highest BCUT2D eigenvalue weighted by Gasteiger charge is 2.42. The van der Waals surface area contributed by atoms with Crippen molar-refractivity contribution in [3.05, 3.63) is 52.8 Å². The maximum atomic E-state index is 14.7. The molecule has 6 rings (SSSR count). The van der Waals surface area contributed by atoms with Gasteiger partial charge in [-0.3, -0.25) is 4.79 Å². The van der Waals surface area contributed by atoms with Gasteiger partial charge in [0.25, 0.3) is 0 Å². The monoisotopic (exact) mass is 518 g/mol. The van der Waals surface area contributed by atoms with Crippen LogP contribution < -0.4 is 5.32 Å². The Morgan fingerprint density at radius 2 is 2.03 bits per heavy atom. The van der Waals surface area contributed by atoms with Crippen LogP contribution in [0.4, 0.5) is 9.18 Å². The lowest BCUT2D eigenvalue weighted by atomic mass is 9.73. The first-order valence-corrected chi connectivity index (χ1v) is 13.7. The molecule has 200 valence electrons. The third-order valence-electron chi connectivity index (χ3n) is 8.88. The minimum Gasteiger partial charge on any atom is -0.453 e. The summed E-state index contributed by atoms with van der Waals surface area (Å²) < 4.78 is 19.4. The van der Waals surface area contributed by atoms with Gasteiger partial charge in [-0.25, -0.2) is 14.2 Å². The van der Waals surface area contributed by atoms with Crippen molar-refractivity contribution in [3.8, 4) is 11.1 Å². The SMILES string of the molecule is COC(=O)N[C@H](C(=O)N1C[C@@H](F)C[C@H]1c1nc2ccc(-c3ccc(C)c4c3CC3CCC43)cc2[nH]1)C(C)C. The summed E-state index contributed by atoms with van der Waals surface area (Å²) >= 11 is 0. The standard InChI is InChI=1S/C30H35FN4O3/c1-15(2)27(34-30(37)38-4)29(36)35-14-19(31)13-25(35)28-32-23-10-7-18(12-24(23)33-28)20-8-5-16(3)26-21-9-6-17(21)11-22(20)26/h5,7-8,10,12,15,17,19,21,25,27H,6,9,11,13-14H2,1-4H3,(H,32,33)(H,34,37)/t17?,19-,21?,25-,27-/m0/s1. The lowest BCUT2D eigenvalue weighted by molar-refractivity contribution is -0.135. The molecule has 2 fully saturated rings.